The molecule has 0 spiro atoms. The van der Waals surface area contributed by atoms with Crippen LogP contribution in [-0.2, 0) is 4.79 Å². The molecule has 0 aliphatic carbocycles. The number of carbonyl (C=O) groups is 1. The second-order valence-corrected chi connectivity index (χ2v) is 5.98. The first-order valence-electron chi connectivity index (χ1n) is 6.02. The molecule has 0 saturated heterocycles. The Bertz CT molecular complexity index is 462. The summed E-state index contributed by atoms with van der Waals surface area (Å²) in [5.74, 6) is -0.905. The van der Waals surface area contributed by atoms with E-state index in [0.717, 1.165) is 11.3 Å². The van der Waals surface area contributed by atoms with Gasteiger partial charge in [-0.15, -0.1) is 11.3 Å². The molecule has 1 aromatic heterocycles. The molecule has 0 radical (unpaired) electrons. The zero-order valence-electron chi connectivity index (χ0n) is 10.9. The maximum absolute atomic E-state index is 12.1. The fourth-order valence-corrected chi connectivity index (χ4v) is 2.78. The highest BCUT2D eigenvalue weighted by Crippen LogP contribution is 2.26. The number of hydrogen-bond acceptors (Lipinski definition) is 4. The number of amidine groups is 1. The van der Waals surface area contributed by atoms with Crippen molar-refractivity contribution in [3.05, 3.63) is 21.3 Å². The van der Waals surface area contributed by atoms with Crippen molar-refractivity contribution < 1.29 is 10.0 Å². The Morgan fingerprint density at radius 1 is 1.63 bits per heavy atom. The Kier molecular flexibility index (Phi) is 6.11. The number of rotatable bonds is 6. The van der Waals surface area contributed by atoms with Gasteiger partial charge in [0, 0.05) is 4.88 Å². The number of nitrogens with zero attached hydrogens (tertiary/aromatic N) is 1. The molecule has 106 valence electrons. The quantitative estimate of drug-likeness (QED) is 0.327. The molecule has 2 unspecified atom stereocenters. The van der Waals surface area contributed by atoms with Crippen LogP contribution in [0.15, 0.2) is 17.3 Å². The molecular formula is C12H18ClN3O2S. The summed E-state index contributed by atoms with van der Waals surface area (Å²) >= 11 is 7.28. The van der Waals surface area contributed by atoms with Crippen LogP contribution in [0.1, 0.15) is 37.6 Å². The molecule has 2 atom stereocenters. The number of nitrogens with one attached hydrogen (secondary N) is 1. The van der Waals surface area contributed by atoms with Gasteiger partial charge in [0.05, 0.1) is 16.3 Å². The van der Waals surface area contributed by atoms with Crippen molar-refractivity contribution in [2.75, 3.05) is 0 Å². The molecule has 0 aliphatic rings. The zero-order chi connectivity index (χ0) is 14.4. The summed E-state index contributed by atoms with van der Waals surface area (Å²) < 4.78 is 0.678. The van der Waals surface area contributed by atoms with Gasteiger partial charge in [0.25, 0.3) is 0 Å². The van der Waals surface area contributed by atoms with Crippen LogP contribution >= 0.6 is 22.9 Å². The summed E-state index contributed by atoms with van der Waals surface area (Å²) in [4.78, 5) is 13.1. The van der Waals surface area contributed by atoms with Crippen LogP contribution < -0.4 is 11.1 Å². The van der Waals surface area contributed by atoms with Crippen LogP contribution in [-0.4, -0.2) is 17.0 Å². The van der Waals surface area contributed by atoms with E-state index in [9.17, 15) is 4.79 Å². The lowest BCUT2D eigenvalue weighted by molar-refractivity contribution is -0.123. The minimum Gasteiger partial charge on any atom is -0.409 e. The highest BCUT2D eigenvalue weighted by Gasteiger charge is 2.24. The van der Waals surface area contributed by atoms with E-state index in [0.29, 0.717) is 10.8 Å². The van der Waals surface area contributed by atoms with Gasteiger partial charge in [0.1, 0.15) is 0 Å². The minimum absolute atomic E-state index is 0.0595. The van der Waals surface area contributed by atoms with E-state index >= 15 is 0 Å². The maximum Gasteiger partial charge on any atom is 0.231 e. The Labute approximate surface area is 121 Å². The summed E-state index contributed by atoms with van der Waals surface area (Å²) in [6.45, 7) is 3.81. The molecule has 7 heteroatoms. The summed E-state index contributed by atoms with van der Waals surface area (Å²) in [6.07, 6.45) is 1.31. The molecule has 0 saturated carbocycles. The second-order valence-electron chi connectivity index (χ2n) is 4.24. The van der Waals surface area contributed by atoms with Crippen molar-refractivity contribution in [2.24, 2.45) is 16.8 Å². The average Bonchev–Trinajstić information content (AvgIpc) is 2.81. The minimum atomic E-state index is -0.604. The zero-order valence-corrected chi connectivity index (χ0v) is 12.5. The second kappa shape index (κ2) is 7.35. The fraction of sp³-hybridized carbons (Fsp3) is 0.500. The Hall–Kier alpha value is -1.27. The summed E-state index contributed by atoms with van der Waals surface area (Å²) in [6, 6.07) is 3.50. The number of hydrogen-bond donors (Lipinski definition) is 3. The lowest BCUT2D eigenvalue weighted by atomic mass is 10.0. The molecule has 0 bridgehead atoms. The topological polar surface area (TPSA) is 87.7 Å². The highest BCUT2D eigenvalue weighted by molar-refractivity contribution is 7.16. The van der Waals surface area contributed by atoms with Crippen LogP contribution in [0.25, 0.3) is 0 Å². The van der Waals surface area contributed by atoms with Crippen LogP contribution in [0.4, 0.5) is 0 Å². The van der Waals surface area contributed by atoms with Crippen molar-refractivity contribution in [3.8, 4) is 0 Å². The summed E-state index contributed by atoms with van der Waals surface area (Å²) in [5.41, 5.74) is 5.54. The van der Waals surface area contributed by atoms with E-state index in [1.165, 1.54) is 11.3 Å². The number of carbonyl (C=O) groups excluding carboxylic acids is 1. The summed E-state index contributed by atoms with van der Waals surface area (Å²) in [5, 5.41) is 14.5. The van der Waals surface area contributed by atoms with E-state index in [4.69, 9.17) is 22.5 Å². The molecule has 5 nitrogen and oxygen atoms in total. The molecule has 1 heterocycles. The van der Waals surface area contributed by atoms with Gasteiger partial charge < -0.3 is 16.3 Å². The molecule has 1 aromatic rings. The van der Waals surface area contributed by atoms with E-state index in [1.54, 1.807) is 6.07 Å². The number of thiophene rings is 1. The standard InChI is InChI=1S/C12H18ClN3O2S/c1-3-4-8(11(14)16-18)12(17)15-7(2)9-5-6-10(13)19-9/h5-8,18H,3-4H2,1-2H3,(H2,14,16)(H,15,17). The predicted octanol–water partition coefficient (Wildman–Crippen LogP) is 2.74. The first-order valence-corrected chi connectivity index (χ1v) is 7.22. The first-order chi connectivity index (χ1) is 8.99. The van der Waals surface area contributed by atoms with Gasteiger partial charge in [0.15, 0.2) is 5.84 Å². The Morgan fingerprint density at radius 2 is 2.32 bits per heavy atom. The molecule has 0 aromatic carbocycles. The van der Waals surface area contributed by atoms with Crippen LogP contribution in [0, 0.1) is 5.92 Å². The molecule has 1 amide bonds. The molecule has 19 heavy (non-hydrogen) atoms. The Balaban J connectivity index is 2.71. The molecular weight excluding hydrogens is 286 g/mol. The monoisotopic (exact) mass is 303 g/mol. The van der Waals surface area contributed by atoms with Crippen LogP contribution in [0.2, 0.25) is 4.34 Å². The predicted molar refractivity (Wildman–Crippen MR) is 77.7 cm³/mol. The van der Waals surface area contributed by atoms with Crippen molar-refractivity contribution in [2.45, 2.75) is 32.7 Å². The normalized spacial score (nSPS) is 15.0. The van der Waals surface area contributed by atoms with E-state index in [2.05, 4.69) is 10.5 Å². The molecule has 4 N–H and O–H groups in total. The lowest BCUT2D eigenvalue weighted by Gasteiger charge is -2.18. The van der Waals surface area contributed by atoms with Crippen molar-refractivity contribution in [3.63, 3.8) is 0 Å². The van der Waals surface area contributed by atoms with Gasteiger partial charge in [-0.25, -0.2) is 0 Å². The van der Waals surface area contributed by atoms with E-state index in [1.807, 2.05) is 19.9 Å². The van der Waals surface area contributed by atoms with Crippen molar-refractivity contribution in [1.29, 1.82) is 0 Å². The average molecular weight is 304 g/mol. The number of amides is 1. The van der Waals surface area contributed by atoms with E-state index in [-0.39, 0.29) is 17.8 Å². The van der Waals surface area contributed by atoms with Crippen molar-refractivity contribution >= 4 is 34.7 Å². The number of nitrogens with two attached hydrogens (primary N) is 1. The van der Waals surface area contributed by atoms with Gasteiger partial charge in [-0.3, -0.25) is 4.79 Å². The molecule has 1 rings (SSSR count). The smallest absolute Gasteiger partial charge is 0.231 e. The van der Waals surface area contributed by atoms with Gasteiger partial charge in [-0.05, 0) is 25.5 Å². The van der Waals surface area contributed by atoms with Gasteiger partial charge in [0.2, 0.25) is 5.91 Å². The van der Waals surface area contributed by atoms with E-state index < -0.39 is 5.92 Å². The van der Waals surface area contributed by atoms with Crippen molar-refractivity contribution in [1.82, 2.24) is 5.32 Å². The maximum atomic E-state index is 12.1. The van der Waals surface area contributed by atoms with Crippen LogP contribution in [0.3, 0.4) is 0 Å². The third-order valence-electron chi connectivity index (χ3n) is 2.75. The third kappa shape index (κ3) is 4.40. The summed E-state index contributed by atoms with van der Waals surface area (Å²) in [7, 11) is 0. The molecule has 0 fully saturated rings. The Morgan fingerprint density at radius 3 is 2.79 bits per heavy atom. The lowest BCUT2D eigenvalue weighted by Crippen LogP contribution is -2.39. The first kappa shape index (κ1) is 15.8. The highest BCUT2D eigenvalue weighted by atomic mass is 35.5. The number of oxime groups is 1. The van der Waals surface area contributed by atoms with Gasteiger partial charge >= 0.3 is 0 Å². The fourth-order valence-electron chi connectivity index (χ4n) is 1.72. The SMILES string of the molecule is CCCC(C(=O)NC(C)c1ccc(Cl)s1)C(N)=NO. The van der Waals surface area contributed by atoms with Gasteiger partial charge in [-0.1, -0.05) is 30.1 Å². The molecule has 0 aliphatic heterocycles. The third-order valence-corrected chi connectivity index (χ3v) is 4.16. The largest absolute Gasteiger partial charge is 0.409 e. The van der Waals surface area contributed by atoms with Crippen LogP contribution in [0.5, 0.6) is 0 Å². The van der Waals surface area contributed by atoms with Gasteiger partial charge in [-0.2, -0.15) is 0 Å². The number of halogens is 1.